The average Bonchev–Trinajstić information content (AvgIpc) is 2.67. The second kappa shape index (κ2) is 9.44. The summed E-state index contributed by atoms with van der Waals surface area (Å²) < 4.78 is 31.9. The number of pyridine rings is 1. The molecule has 1 aromatic heterocycles. The molecule has 1 amide bonds. The van der Waals surface area contributed by atoms with Gasteiger partial charge in [0.05, 0.1) is 21.4 Å². The van der Waals surface area contributed by atoms with E-state index in [9.17, 15) is 23.3 Å². The Labute approximate surface area is 166 Å². The number of hydrogen-bond acceptors (Lipinski definition) is 7. The summed E-state index contributed by atoms with van der Waals surface area (Å²) >= 11 is 5.95. The Morgan fingerprint density at radius 3 is 2.71 bits per heavy atom. The molecule has 0 spiro atoms. The number of nitrogens with zero attached hydrogens (tertiary/aromatic N) is 2. The van der Waals surface area contributed by atoms with E-state index in [1.165, 1.54) is 30.3 Å². The predicted octanol–water partition coefficient (Wildman–Crippen LogP) is 1.75. The second-order valence-electron chi connectivity index (χ2n) is 5.32. The fourth-order valence-electron chi connectivity index (χ4n) is 2.10. The molecule has 2 N–H and O–H groups in total. The Balaban J connectivity index is 1.95. The Hall–Kier alpha value is -2.76. The Morgan fingerprint density at radius 2 is 2.04 bits per heavy atom. The van der Waals surface area contributed by atoms with Crippen LogP contribution in [0.4, 0.5) is 5.69 Å². The van der Waals surface area contributed by atoms with Gasteiger partial charge in [-0.05, 0) is 19.1 Å². The molecule has 0 saturated carbocycles. The number of nitro benzene ring substituents is 1. The molecule has 0 radical (unpaired) electrons. The molecule has 10 nitrogen and oxygen atoms in total. The molecule has 150 valence electrons. The number of nitrogens with one attached hydrogen (secondary N) is 2. The van der Waals surface area contributed by atoms with E-state index in [1.54, 1.807) is 6.92 Å². The summed E-state index contributed by atoms with van der Waals surface area (Å²) in [5.74, 6) is -0.357. The first-order valence-electron chi connectivity index (χ1n) is 8.06. The SMILES string of the molecule is CCOc1ccc(Cl)c(C(=O)NCCNS(=O)(=O)c2cccc([N+](=O)[O-])c2)n1. The number of benzene rings is 1. The molecule has 1 aromatic carbocycles. The zero-order valence-corrected chi connectivity index (χ0v) is 16.3. The highest BCUT2D eigenvalue weighted by atomic mass is 35.5. The fourth-order valence-corrected chi connectivity index (χ4v) is 3.37. The van der Waals surface area contributed by atoms with E-state index in [0.717, 1.165) is 6.07 Å². The third-order valence-corrected chi connectivity index (χ3v) is 5.13. The fraction of sp³-hybridized carbons (Fsp3) is 0.250. The van der Waals surface area contributed by atoms with E-state index in [-0.39, 0.29) is 40.3 Å². The van der Waals surface area contributed by atoms with Crippen molar-refractivity contribution in [1.29, 1.82) is 0 Å². The molecule has 1 heterocycles. The van der Waals surface area contributed by atoms with Crippen molar-refractivity contribution < 1.29 is 22.9 Å². The number of halogens is 1. The predicted molar refractivity (Wildman–Crippen MR) is 101 cm³/mol. The number of aromatic nitrogens is 1. The highest BCUT2D eigenvalue weighted by Gasteiger charge is 2.18. The lowest BCUT2D eigenvalue weighted by Crippen LogP contribution is -2.35. The standard InChI is InChI=1S/C16H17ClN4O6S/c1-2-27-14-7-6-13(17)15(20-14)16(22)18-8-9-19-28(25,26)12-5-3-4-11(10-12)21(23)24/h3-7,10,19H,2,8-9H2,1H3,(H,18,22). The van der Waals surface area contributed by atoms with Crippen LogP contribution in [-0.4, -0.2) is 43.9 Å². The van der Waals surface area contributed by atoms with Gasteiger partial charge in [0.15, 0.2) is 5.69 Å². The van der Waals surface area contributed by atoms with Gasteiger partial charge in [-0.15, -0.1) is 0 Å². The van der Waals surface area contributed by atoms with Crippen molar-refractivity contribution in [1.82, 2.24) is 15.0 Å². The minimum atomic E-state index is -3.97. The van der Waals surface area contributed by atoms with Crippen LogP contribution < -0.4 is 14.8 Å². The number of rotatable bonds is 9. The monoisotopic (exact) mass is 428 g/mol. The van der Waals surface area contributed by atoms with E-state index < -0.39 is 20.9 Å². The third kappa shape index (κ3) is 5.62. The molecule has 0 fully saturated rings. The molecule has 0 bridgehead atoms. The summed E-state index contributed by atoms with van der Waals surface area (Å²) in [6.45, 7) is 1.95. The first kappa shape index (κ1) is 21.5. The van der Waals surface area contributed by atoms with Crippen LogP contribution >= 0.6 is 11.6 Å². The van der Waals surface area contributed by atoms with Crippen molar-refractivity contribution in [3.63, 3.8) is 0 Å². The van der Waals surface area contributed by atoms with E-state index in [2.05, 4.69) is 15.0 Å². The molecule has 28 heavy (non-hydrogen) atoms. The Bertz CT molecular complexity index is 983. The average molecular weight is 429 g/mol. The maximum Gasteiger partial charge on any atom is 0.271 e. The largest absolute Gasteiger partial charge is 0.478 e. The van der Waals surface area contributed by atoms with Gasteiger partial charge in [-0.3, -0.25) is 14.9 Å². The minimum Gasteiger partial charge on any atom is -0.478 e. The number of amides is 1. The normalized spacial score (nSPS) is 11.1. The Kier molecular flexibility index (Phi) is 7.26. The molecule has 0 saturated heterocycles. The second-order valence-corrected chi connectivity index (χ2v) is 7.50. The molecule has 12 heteroatoms. The van der Waals surface area contributed by atoms with Crippen LogP contribution in [0.25, 0.3) is 0 Å². The van der Waals surface area contributed by atoms with Crippen molar-refractivity contribution in [2.45, 2.75) is 11.8 Å². The van der Waals surface area contributed by atoms with Crippen LogP contribution in [0.3, 0.4) is 0 Å². The molecule has 0 unspecified atom stereocenters. The van der Waals surface area contributed by atoms with E-state index in [4.69, 9.17) is 16.3 Å². The lowest BCUT2D eigenvalue weighted by molar-refractivity contribution is -0.385. The minimum absolute atomic E-state index is 0.0471. The van der Waals surface area contributed by atoms with Gasteiger partial charge in [0, 0.05) is 31.3 Å². The number of sulfonamides is 1. The van der Waals surface area contributed by atoms with Crippen LogP contribution in [0.15, 0.2) is 41.3 Å². The maximum absolute atomic E-state index is 12.2. The lowest BCUT2D eigenvalue weighted by atomic mass is 10.3. The van der Waals surface area contributed by atoms with Crippen LogP contribution in [0.1, 0.15) is 17.4 Å². The van der Waals surface area contributed by atoms with Gasteiger partial charge < -0.3 is 10.1 Å². The van der Waals surface area contributed by atoms with Crippen molar-refractivity contribution in [2.75, 3.05) is 19.7 Å². The van der Waals surface area contributed by atoms with Gasteiger partial charge in [0.1, 0.15) is 0 Å². The van der Waals surface area contributed by atoms with E-state index in [1.807, 2.05) is 0 Å². The van der Waals surface area contributed by atoms with Crippen molar-refractivity contribution in [2.24, 2.45) is 0 Å². The highest BCUT2D eigenvalue weighted by Crippen LogP contribution is 2.18. The number of hydrogen-bond donors (Lipinski definition) is 2. The first-order chi connectivity index (χ1) is 13.2. The van der Waals surface area contributed by atoms with Crippen molar-refractivity contribution >= 4 is 33.2 Å². The van der Waals surface area contributed by atoms with E-state index >= 15 is 0 Å². The molecule has 2 rings (SSSR count). The smallest absolute Gasteiger partial charge is 0.271 e. The number of carbonyl (C=O) groups excluding carboxylic acids is 1. The van der Waals surface area contributed by atoms with Gasteiger partial charge in [-0.2, -0.15) is 0 Å². The molecule has 0 aliphatic carbocycles. The summed E-state index contributed by atoms with van der Waals surface area (Å²) in [7, 11) is -3.97. The maximum atomic E-state index is 12.2. The number of carbonyl (C=O) groups is 1. The van der Waals surface area contributed by atoms with E-state index in [0.29, 0.717) is 6.61 Å². The molecule has 2 aromatic rings. The van der Waals surface area contributed by atoms with Gasteiger partial charge in [-0.25, -0.2) is 18.1 Å². The lowest BCUT2D eigenvalue weighted by Gasteiger charge is -2.09. The van der Waals surface area contributed by atoms with Gasteiger partial charge in [0.2, 0.25) is 15.9 Å². The summed E-state index contributed by atoms with van der Waals surface area (Å²) in [6.07, 6.45) is 0. The molecular formula is C16H17ClN4O6S. The zero-order chi connectivity index (χ0) is 20.7. The van der Waals surface area contributed by atoms with Crippen molar-refractivity contribution in [3.8, 4) is 5.88 Å². The highest BCUT2D eigenvalue weighted by molar-refractivity contribution is 7.89. The Morgan fingerprint density at radius 1 is 1.29 bits per heavy atom. The first-order valence-corrected chi connectivity index (χ1v) is 9.92. The van der Waals surface area contributed by atoms with Crippen LogP contribution in [-0.2, 0) is 10.0 Å². The molecule has 0 aliphatic heterocycles. The van der Waals surface area contributed by atoms with Gasteiger partial charge >= 0.3 is 0 Å². The zero-order valence-electron chi connectivity index (χ0n) is 14.7. The molecule has 0 aliphatic rings. The third-order valence-electron chi connectivity index (χ3n) is 3.37. The molecule has 0 atom stereocenters. The summed E-state index contributed by atoms with van der Waals surface area (Å²) in [6, 6.07) is 7.63. The molecular weight excluding hydrogens is 412 g/mol. The summed E-state index contributed by atoms with van der Waals surface area (Å²) in [4.78, 5) is 26.0. The summed E-state index contributed by atoms with van der Waals surface area (Å²) in [5.41, 5.74) is -0.389. The van der Waals surface area contributed by atoms with Crippen LogP contribution in [0, 0.1) is 10.1 Å². The summed E-state index contributed by atoms with van der Waals surface area (Å²) in [5, 5.41) is 13.4. The van der Waals surface area contributed by atoms with Crippen molar-refractivity contribution in [3.05, 3.63) is 57.2 Å². The van der Waals surface area contributed by atoms with Crippen LogP contribution in [0.5, 0.6) is 5.88 Å². The number of ether oxygens (including phenoxy) is 1. The topological polar surface area (TPSA) is 141 Å². The quantitative estimate of drug-likeness (QED) is 0.352. The van der Waals surface area contributed by atoms with Crippen LogP contribution in [0.2, 0.25) is 5.02 Å². The number of nitro groups is 1. The van der Waals surface area contributed by atoms with Gasteiger partial charge in [0.25, 0.3) is 11.6 Å². The van der Waals surface area contributed by atoms with Gasteiger partial charge in [-0.1, -0.05) is 17.7 Å². The number of non-ortho nitro benzene ring substituents is 1.